The van der Waals surface area contributed by atoms with E-state index in [9.17, 15) is 9.59 Å². The highest BCUT2D eigenvalue weighted by molar-refractivity contribution is 5.85. The standard InChI is InChI=1S/C20H38N4O2.2ClH/c1-4-23(5-2)20(26)16-22-10-7-11-24(13-12-22)19(25)14-17(3)18-8-6-9-21-15-18;;/h17-18,21H,4-16H2,1-3H3;2*1H. The van der Waals surface area contributed by atoms with Crippen LogP contribution in [0.15, 0.2) is 0 Å². The molecule has 2 aliphatic heterocycles. The van der Waals surface area contributed by atoms with E-state index in [1.165, 1.54) is 12.8 Å². The summed E-state index contributed by atoms with van der Waals surface area (Å²) in [6.45, 7) is 13.7. The third-order valence-corrected chi connectivity index (χ3v) is 6.05. The van der Waals surface area contributed by atoms with Crippen LogP contribution in [0.2, 0.25) is 0 Å². The van der Waals surface area contributed by atoms with E-state index in [2.05, 4.69) is 17.1 Å². The number of hydrogen-bond acceptors (Lipinski definition) is 4. The highest BCUT2D eigenvalue weighted by Crippen LogP contribution is 2.23. The van der Waals surface area contributed by atoms with Crippen molar-refractivity contribution in [1.29, 1.82) is 0 Å². The zero-order valence-electron chi connectivity index (χ0n) is 17.8. The molecule has 28 heavy (non-hydrogen) atoms. The summed E-state index contributed by atoms with van der Waals surface area (Å²) < 4.78 is 0. The Labute approximate surface area is 183 Å². The predicted molar refractivity (Wildman–Crippen MR) is 119 cm³/mol. The SMILES string of the molecule is CCN(CC)C(=O)CN1CCCN(C(=O)CC(C)C2CCCNC2)CC1.Cl.Cl. The first kappa shape index (κ1) is 27.4. The minimum absolute atomic E-state index is 0. The Morgan fingerprint density at radius 2 is 1.79 bits per heavy atom. The predicted octanol–water partition coefficient (Wildman–Crippen LogP) is 2.26. The monoisotopic (exact) mass is 438 g/mol. The minimum Gasteiger partial charge on any atom is -0.342 e. The number of hydrogen-bond donors (Lipinski definition) is 1. The molecule has 2 fully saturated rings. The topological polar surface area (TPSA) is 55.9 Å². The number of nitrogens with one attached hydrogen (secondary N) is 1. The second-order valence-electron chi connectivity index (χ2n) is 7.86. The van der Waals surface area contributed by atoms with Crippen molar-refractivity contribution in [2.75, 3.05) is 58.9 Å². The highest BCUT2D eigenvalue weighted by Gasteiger charge is 2.26. The Bertz CT molecular complexity index is 457. The van der Waals surface area contributed by atoms with E-state index in [0.717, 1.165) is 58.8 Å². The van der Waals surface area contributed by atoms with Crippen LogP contribution in [0.25, 0.3) is 0 Å². The summed E-state index contributed by atoms with van der Waals surface area (Å²) in [6.07, 6.45) is 4.08. The molecular formula is C20H40Cl2N4O2. The van der Waals surface area contributed by atoms with Gasteiger partial charge < -0.3 is 15.1 Å². The number of nitrogens with zero attached hydrogens (tertiary/aromatic N) is 3. The fraction of sp³-hybridized carbons (Fsp3) is 0.900. The molecule has 1 N–H and O–H groups in total. The summed E-state index contributed by atoms with van der Waals surface area (Å²) in [5.41, 5.74) is 0. The molecule has 0 spiro atoms. The van der Waals surface area contributed by atoms with E-state index in [0.29, 0.717) is 30.7 Å². The molecule has 2 heterocycles. The number of carbonyl (C=O) groups excluding carboxylic acids is 2. The van der Waals surface area contributed by atoms with Crippen LogP contribution >= 0.6 is 24.8 Å². The largest absolute Gasteiger partial charge is 0.342 e. The normalized spacial score (nSPS) is 21.7. The molecule has 0 aromatic carbocycles. The van der Waals surface area contributed by atoms with Gasteiger partial charge in [-0.25, -0.2) is 0 Å². The van der Waals surface area contributed by atoms with Gasteiger partial charge in [-0.1, -0.05) is 6.92 Å². The molecule has 2 saturated heterocycles. The van der Waals surface area contributed by atoms with Crippen molar-refractivity contribution in [1.82, 2.24) is 20.0 Å². The lowest BCUT2D eigenvalue weighted by Gasteiger charge is -2.30. The van der Waals surface area contributed by atoms with Gasteiger partial charge in [0.05, 0.1) is 6.54 Å². The zero-order chi connectivity index (χ0) is 18.9. The third kappa shape index (κ3) is 8.44. The van der Waals surface area contributed by atoms with Crippen molar-refractivity contribution < 1.29 is 9.59 Å². The first-order chi connectivity index (χ1) is 12.5. The Balaban J connectivity index is 0.00000364. The van der Waals surface area contributed by atoms with Gasteiger partial charge in [-0.2, -0.15) is 0 Å². The van der Waals surface area contributed by atoms with Crippen molar-refractivity contribution >= 4 is 36.6 Å². The lowest BCUT2D eigenvalue weighted by Crippen LogP contribution is -2.42. The lowest BCUT2D eigenvalue weighted by atomic mass is 9.85. The average Bonchev–Trinajstić information content (AvgIpc) is 2.89. The van der Waals surface area contributed by atoms with E-state index >= 15 is 0 Å². The van der Waals surface area contributed by atoms with Gasteiger partial charge in [-0.3, -0.25) is 14.5 Å². The summed E-state index contributed by atoms with van der Waals surface area (Å²) in [7, 11) is 0. The average molecular weight is 439 g/mol. The minimum atomic E-state index is 0. The van der Waals surface area contributed by atoms with Gasteiger partial charge in [-0.15, -0.1) is 24.8 Å². The first-order valence-electron chi connectivity index (χ1n) is 10.5. The smallest absolute Gasteiger partial charge is 0.236 e. The maximum absolute atomic E-state index is 12.7. The summed E-state index contributed by atoms with van der Waals surface area (Å²) in [5.74, 6) is 1.56. The molecule has 0 saturated carbocycles. The Morgan fingerprint density at radius 3 is 2.39 bits per heavy atom. The number of rotatable bonds is 7. The van der Waals surface area contributed by atoms with Crippen LogP contribution in [0.3, 0.4) is 0 Å². The van der Waals surface area contributed by atoms with Crippen LogP contribution in [0.5, 0.6) is 0 Å². The molecule has 0 aromatic heterocycles. The number of amides is 2. The van der Waals surface area contributed by atoms with E-state index in [1.54, 1.807) is 0 Å². The number of carbonyl (C=O) groups is 2. The Hall–Kier alpha value is -0.560. The summed E-state index contributed by atoms with van der Waals surface area (Å²) in [5, 5.41) is 3.45. The third-order valence-electron chi connectivity index (χ3n) is 6.05. The Morgan fingerprint density at radius 1 is 1.07 bits per heavy atom. The van der Waals surface area contributed by atoms with Crippen molar-refractivity contribution in [2.24, 2.45) is 11.8 Å². The van der Waals surface area contributed by atoms with Crippen LogP contribution < -0.4 is 5.32 Å². The molecule has 0 aromatic rings. The number of likely N-dealkylation sites (N-methyl/N-ethyl adjacent to an activating group) is 1. The van der Waals surface area contributed by atoms with E-state index in [4.69, 9.17) is 0 Å². The van der Waals surface area contributed by atoms with Crippen LogP contribution in [-0.2, 0) is 9.59 Å². The molecule has 2 rings (SSSR count). The lowest BCUT2D eigenvalue weighted by molar-refractivity contribution is -0.132. The molecule has 8 heteroatoms. The van der Waals surface area contributed by atoms with Crippen LogP contribution in [0.4, 0.5) is 0 Å². The summed E-state index contributed by atoms with van der Waals surface area (Å²) in [6, 6.07) is 0. The van der Waals surface area contributed by atoms with Gasteiger partial charge in [0.1, 0.15) is 0 Å². The van der Waals surface area contributed by atoms with E-state index < -0.39 is 0 Å². The summed E-state index contributed by atoms with van der Waals surface area (Å²) >= 11 is 0. The molecule has 6 nitrogen and oxygen atoms in total. The molecule has 2 amide bonds. The highest BCUT2D eigenvalue weighted by atomic mass is 35.5. The molecule has 0 aliphatic carbocycles. The van der Waals surface area contributed by atoms with Crippen LogP contribution in [-0.4, -0.2) is 85.4 Å². The van der Waals surface area contributed by atoms with E-state index in [1.807, 2.05) is 23.6 Å². The van der Waals surface area contributed by atoms with E-state index in [-0.39, 0.29) is 30.7 Å². The van der Waals surface area contributed by atoms with Crippen molar-refractivity contribution in [3.63, 3.8) is 0 Å². The molecular weight excluding hydrogens is 399 g/mol. The molecule has 166 valence electrons. The van der Waals surface area contributed by atoms with Crippen molar-refractivity contribution in [2.45, 2.75) is 46.5 Å². The number of piperidine rings is 1. The van der Waals surface area contributed by atoms with Gasteiger partial charge in [0.15, 0.2) is 0 Å². The number of halogens is 2. The first-order valence-corrected chi connectivity index (χ1v) is 10.5. The summed E-state index contributed by atoms with van der Waals surface area (Å²) in [4.78, 5) is 31.2. The van der Waals surface area contributed by atoms with Crippen molar-refractivity contribution in [3.8, 4) is 0 Å². The van der Waals surface area contributed by atoms with Crippen LogP contribution in [0, 0.1) is 11.8 Å². The molecule has 2 unspecified atom stereocenters. The van der Waals surface area contributed by atoms with Gasteiger partial charge in [-0.05, 0) is 58.0 Å². The Kier molecular flexibility index (Phi) is 14.1. The van der Waals surface area contributed by atoms with Crippen molar-refractivity contribution in [3.05, 3.63) is 0 Å². The van der Waals surface area contributed by atoms with Gasteiger partial charge in [0.2, 0.25) is 11.8 Å². The van der Waals surface area contributed by atoms with Gasteiger partial charge in [0, 0.05) is 45.7 Å². The van der Waals surface area contributed by atoms with Gasteiger partial charge in [0.25, 0.3) is 0 Å². The molecule has 0 radical (unpaired) electrons. The van der Waals surface area contributed by atoms with Gasteiger partial charge >= 0.3 is 0 Å². The second-order valence-corrected chi connectivity index (χ2v) is 7.86. The fourth-order valence-corrected chi connectivity index (χ4v) is 4.18. The fourth-order valence-electron chi connectivity index (χ4n) is 4.18. The molecule has 2 aliphatic rings. The molecule has 0 bridgehead atoms. The quantitative estimate of drug-likeness (QED) is 0.661. The maximum Gasteiger partial charge on any atom is 0.236 e. The maximum atomic E-state index is 12.7. The van der Waals surface area contributed by atoms with Crippen LogP contribution in [0.1, 0.15) is 46.5 Å². The molecule has 2 atom stereocenters. The second kappa shape index (κ2) is 14.4. The zero-order valence-corrected chi connectivity index (χ0v) is 19.5.